The predicted molar refractivity (Wildman–Crippen MR) is 108 cm³/mol. The average molecular weight is 386 g/mol. The lowest BCUT2D eigenvalue weighted by molar-refractivity contribution is -0.138. The SMILES string of the molecule is O=C(CCN1CCC(C(=O)N2CCCCC2)CC1)NC(=O)Nc1ccccc1. The summed E-state index contributed by atoms with van der Waals surface area (Å²) in [5.74, 6) is 0.148. The van der Waals surface area contributed by atoms with Gasteiger partial charge in [0.15, 0.2) is 0 Å². The molecule has 0 aromatic heterocycles. The fourth-order valence-corrected chi connectivity index (χ4v) is 3.91. The Hall–Kier alpha value is -2.41. The van der Waals surface area contributed by atoms with Crippen molar-refractivity contribution in [1.82, 2.24) is 15.1 Å². The fourth-order valence-electron chi connectivity index (χ4n) is 3.91. The maximum Gasteiger partial charge on any atom is 0.325 e. The molecule has 7 heteroatoms. The Labute approximate surface area is 166 Å². The second-order valence-electron chi connectivity index (χ2n) is 7.62. The molecule has 28 heavy (non-hydrogen) atoms. The van der Waals surface area contributed by atoms with Crippen LogP contribution in [0.2, 0.25) is 0 Å². The third-order valence-corrected chi connectivity index (χ3v) is 5.54. The highest BCUT2D eigenvalue weighted by atomic mass is 16.2. The minimum Gasteiger partial charge on any atom is -0.342 e. The zero-order valence-electron chi connectivity index (χ0n) is 16.4. The molecule has 1 aromatic rings. The topological polar surface area (TPSA) is 81.8 Å². The highest BCUT2D eigenvalue weighted by Gasteiger charge is 2.29. The second-order valence-corrected chi connectivity index (χ2v) is 7.62. The summed E-state index contributed by atoms with van der Waals surface area (Å²) in [4.78, 5) is 40.7. The molecule has 7 nitrogen and oxygen atoms in total. The number of amides is 4. The molecule has 2 fully saturated rings. The number of para-hydroxylation sites is 1. The molecule has 0 atom stereocenters. The van der Waals surface area contributed by atoms with Crippen LogP contribution in [0.4, 0.5) is 10.5 Å². The van der Waals surface area contributed by atoms with Gasteiger partial charge in [-0.05, 0) is 57.3 Å². The molecule has 4 amide bonds. The molecule has 0 bridgehead atoms. The number of nitrogens with zero attached hydrogens (tertiary/aromatic N) is 2. The number of imide groups is 1. The van der Waals surface area contributed by atoms with Gasteiger partial charge in [0, 0.05) is 37.7 Å². The van der Waals surface area contributed by atoms with E-state index in [-0.39, 0.29) is 18.2 Å². The molecule has 0 aliphatic carbocycles. The minimum absolute atomic E-state index is 0.125. The molecular formula is C21H30N4O3. The number of urea groups is 1. The molecule has 0 unspecified atom stereocenters. The van der Waals surface area contributed by atoms with Crippen LogP contribution >= 0.6 is 0 Å². The number of hydrogen-bond acceptors (Lipinski definition) is 4. The Morgan fingerprint density at radius 1 is 0.929 bits per heavy atom. The zero-order valence-corrected chi connectivity index (χ0v) is 16.4. The molecule has 2 aliphatic rings. The van der Waals surface area contributed by atoms with Gasteiger partial charge in [-0.2, -0.15) is 0 Å². The first-order valence-corrected chi connectivity index (χ1v) is 10.3. The Bertz CT molecular complexity index is 665. The van der Waals surface area contributed by atoms with Crippen molar-refractivity contribution in [3.05, 3.63) is 30.3 Å². The first-order valence-electron chi connectivity index (χ1n) is 10.3. The zero-order chi connectivity index (χ0) is 19.8. The number of carbonyl (C=O) groups excluding carboxylic acids is 3. The first kappa shape index (κ1) is 20.3. The van der Waals surface area contributed by atoms with Crippen LogP contribution in [0.25, 0.3) is 0 Å². The van der Waals surface area contributed by atoms with Gasteiger partial charge in [-0.3, -0.25) is 14.9 Å². The van der Waals surface area contributed by atoms with E-state index in [4.69, 9.17) is 0 Å². The van der Waals surface area contributed by atoms with Gasteiger partial charge < -0.3 is 15.1 Å². The lowest BCUT2D eigenvalue weighted by Gasteiger charge is -2.35. The summed E-state index contributed by atoms with van der Waals surface area (Å²) in [6.45, 7) is 4.07. The van der Waals surface area contributed by atoms with Crippen molar-refractivity contribution >= 4 is 23.5 Å². The summed E-state index contributed by atoms with van der Waals surface area (Å²) in [5.41, 5.74) is 0.647. The van der Waals surface area contributed by atoms with Crippen molar-refractivity contribution in [3.8, 4) is 0 Å². The largest absolute Gasteiger partial charge is 0.342 e. The third kappa shape index (κ3) is 6.05. The number of rotatable bonds is 5. The molecule has 0 saturated carbocycles. The van der Waals surface area contributed by atoms with Gasteiger partial charge in [-0.15, -0.1) is 0 Å². The average Bonchev–Trinajstić information content (AvgIpc) is 2.73. The van der Waals surface area contributed by atoms with Crippen LogP contribution in [0.3, 0.4) is 0 Å². The van der Waals surface area contributed by atoms with Crippen LogP contribution < -0.4 is 10.6 Å². The normalized spacial score (nSPS) is 18.5. The predicted octanol–water partition coefficient (Wildman–Crippen LogP) is 2.45. The number of carbonyl (C=O) groups is 3. The van der Waals surface area contributed by atoms with E-state index < -0.39 is 6.03 Å². The van der Waals surface area contributed by atoms with E-state index in [9.17, 15) is 14.4 Å². The van der Waals surface area contributed by atoms with E-state index in [2.05, 4.69) is 15.5 Å². The lowest BCUT2D eigenvalue weighted by atomic mass is 9.94. The summed E-state index contributed by atoms with van der Waals surface area (Å²) in [7, 11) is 0. The van der Waals surface area contributed by atoms with Crippen molar-refractivity contribution in [2.45, 2.75) is 38.5 Å². The van der Waals surface area contributed by atoms with Crippen molar-refractivity contribution < 1.29 is 14.4 Å². The molecule has 1 aromatic carbocycles. The fraction of sp³-hybridized carbons (Fsp3) is 0.571. The lowest BCUT2D eigenvalue weighted by Crippen LogP contribution is -2.45. The van der Waals surface area contributed by atoms with E-state index in [1.165, 1.54) is 6.42 Å². The molecular weight excluding hydrogens is 356 g/mol. The van der Waals surface area contributed by atoms with Crippen LogP contribution in [0.1, 0.15) is 38.5 Å². The Morgan fingerprint density at radius 2 is 1.61 bits per heavy atom. The van der Waals surface area contributed by atoms with Gasteiger partial charge in [0.25, 0.3) is 0 Å². The smallest absolute Gasteiger partial charge is 0.325 e. The maximum atomic E-state index is 12.6. The molecule has 2 saturated heterocycles. The summed E-state index contributed by atoms with van der Waals surface area (Å²) >= 11 is 0. The summed E-state index contributed by atoms with van der Waals surface area (Å²) in [6.07, 6.45) is 5.45. The molecule has 3 rings (SSSR count). The van der Waals surface area contributed by atoms with E-state index in [0.717, 1.165) is 51.9 Å². The Kier molecular flexibility index (Phi) is 7.42. The third-order valence-electron chi connectivity index (χ3n) is 5.54. The molecule has 0 spiro atoms. The van der Waals surface area contributed by atoms with Gasteiger partial charge in [0.2, 0.25) is 11.8 Å². The van der Waals surface area contributed by atoms with E-state index in [0.29, 0.717) is 18.1 Å². The van der Waals surface area contributed by atoms with Crippen molar-refractivity contribution in [1.29, 1.82) is 0 Å². The number of benzene rings is 1. The Balaban J connectivity index is 1.33. The molecule has 0 radical (unpaired) electrons. The van der Waals surface area contributed by atoms with Gasteiger partial charge >= 0.3 is 6.03 Å². The molecule has 2 N–H and O–H groups in total. The minimum atomic E-state index is -0.512. The van der Waals surface area contributed by atoms with Crippen LogP contribution in [0.5, 0.6) is 0 Å². The molecule has 2 heterocycles. The number of anilines is 1. The second kappa shape index (κ2) is 10.2. The standard InChI is InChI=1S/C21H30N4O3/c26-19(23-21(28)22-18-7-3-1-4-8-18)11-16-24-14-9-17(10-15-24)20(27)25-12-5-2-6-13-25/h1,3-4,7-8,17H,2,5-6,9-16H2,(H2,22,23,26,28). The number of hydrogen-bond donors (Lipinski definition) is 2. The van der Waals surface area contributed by atoms with Gasteiger partial charge in [-0.25, -0.2) is 4.79 Å². The van der Waals surface area contributed by atoms with Crippen molar-refractivity contribution in [2.24, 2.45) is 5.92 Å². The van der Waals surface area contributed by atoms with Crippen molar-refractivity contribution in [2.75, 3.05) is 38.0 Å². The quantitative estimate of drug-likeness (QED) is 0.814. The maximum absolute atomic E-state index is 12.6. The number of piperidine rings is 2. The Morgan fingerprint density at radius 3 is 2.29 bits per heavy atom. The number of nitrogens with one attached hydrogen (secondary N) is 2. The monoisotopic (exact) mass is 386 g/mol. The van der Waals surface area contributed by atoms with Crippen LogP contribution in [-0.4, -0.2) is 60.4 Å². The van der Waals surface area contributed by atoms with E-state index in [1.807, 2.05) is 23.1 Å². The first-order chi connectivity index (χ1) is 13.6. The molecule has 152 valence electrons. The van der Waals surface area contributed by atoms with Crippen LogP contribution in [0, 0.1) is 5.92 Å². The van der Waals surface area contributed by atoms with E-state index >= 15 is 0 Å². The van der Waals surface area contributed by atoms with Crippen LogP contribution in [0.15, 0.2) is 30.3 Å². The van der Waals surface area contributed by atoms with Gasteiger partial charge in [0.1, 0.15) is 0 Å². The number of likely N-dealkylation sites (tertiary alicyclic amines) is 2. The highest BCUT2D eigenvalue weighted by molar-refractivity contribution is 6.01. The van der Waals surface area contributed by atoms with Gasteiger partial charge in [-0.1, -0.05) is 18.2 Å². The summed E-state index contributed by atoms with van der Waals surface area (Å²) in [5, 5.41) is 5.00. The highest BCUT2D eigenvalue weighted by Crippen LogP contribution is 2.22. The molecule has 2 aliphatic heterocycles. The van der Waals surface area contributed by atoms with Gasteiger partial charge in [0.05, 0.1) is 0 Å². The van der Waals surface area contributed by atoms with E-state index in [1.54, 1.807) is 12.1 Å². The summed E-state index contributed by atoms with van der Waals surface area (Å²) in [6, 6.07) is 8.51. The van der Waals surface area contributed by atoms with Crippen molar-refractivity contribution in [3.63, 3.8) is 0 Å². The summed E-state index contributed by atoms with van der Waals surface area (Å²) < 4.78 is 0. The van der Waals surface area contributed by atoms with Crippen LogP contribution in [-0.2, 0) is 9.59 Å².